The molecule has 0 aromatic heterocycles. The number of carbonyl (C=O) groups excluding carboxylic acids is 2. The number of amides is 3. The van der Waals surface area contributed by atoms with Gasteiger partial charge in [0.05, 0.1) is 13.2 Å². The Morgan fingerprint density at radius 3 is 2.67 bits per heavy atom. The number of hydrogen-bond donors (Lipinski definition) is 4. The molecule has 21 heavy (non-hydrogen) atoms. The molecular weight excluding hydrogens is 274 g/mol. The van der Waals surface area contributed by atoms with Gasteiger partial charge in [-0.2, -0.15) is 0 Å². The lowest BCUT2D eigenvalue weighted by Gasteiger charge is -2.20. The molecule has 1 aliphatic heterocycles. The van der Waals surface area contributed by atoms with Crippen LogP contribution in [0.4, 0.5) is 10.5 Å². The number of hydrogen-bond acceptors (Lipinski definition) is 4. The number of benzene rings is 1. The van der Waals surface area contributed by atoms with E-state index in [0.717, 1.165) is 0 Å². The molecule has 0 bridgehead atoms. The van der Waals surface area contributed by atoms with E-state index in [-0.39, 0.29) is 25.6 Å². The Balaban J connectivity index is 1.65. The van der Waals surface area contributed by atoms with Crippen LogP contribution in [0, 0.1) is 0 Å². The zero-order valence-corrected chi connectivity index (χ0v) is 11.6. The van der Waals surface area contributed by atoms with Crippen molar-refractivity contribution < 1.29 is 19.4 Å². The maximum absolute atomic E-state index is 11.6. The molecule has 4 N–H and O–H groups in total. The van der Waals surface area contributed by atoms with Gasteiger partial charge in [0.2, 0.25) is 5.91 Å². The van der Waals surface area contributed by atoms with Crippen molar-refractivity contribution >= 4 is 17.6 Å². The van der Waals surface area contributed by atoms with Crippen LogP contribution >= 0.6 is 0 Å². The largest absolute Gasteiger partial charge is 0.386 e. The van der Waals surface area contributed by atoms with Gasteiger partial charge in [0.25, 0.3) is 0 Å². The van der Waals surface area contributed by atoms with Gasteiger partial charge in [-0.1, -0.05) is 18.2 Å². The van der Waals surface area contributed by atoms with Crippen LogP contribution in [0.1, 0.15) is 6.42 Å². The van der Waals surface area contributed by atoms with Gasteiger partial charge in [-0.3, -0.25) is 4.79 Å². The molecule has 1 atom stereocenters. The van der Waals surface area contributed by atoms with Crippen molar-refractivity contribution in [2.45, 2.75) is 12.0 Å². The summed E-state index contributed by atoms with van der Waals surface area (Å²) in [5, 5.41) is 17.6. The van der Waals surface area contributed by atoms with Gasteiger partial charge in [0.15, 0.2) is 0 Å². The summed E-state index contributed by atoms with van der Waals surface area (Å²) in [5.41, 5.74) is -0.352. The minimum Gasteiger partial charge on any atom is -0.386 e. The fourth-order valence-corrected chi connectivity index (χ4v) is 1.92. The first-order valence-corrected chi connectivity index (χ1v) is 6.74. The average Bonchev–Trinajstić information content (AvgIpc) is 2.91. The second kappa shape index (κ2) is 7.05. The zero-order valence-electron chi connectivity index (χ0n) is 11.6. The number of carbonyl (C=O) groups is 2. The van der Waals surface area contributed by atoms with Crippen molar-refractivity contribution in [1.29, 1.82) is 0 Å². The van der Waals surface area contributed by atoms with E-state index >= 15 is 0 Å². The summed E-state index contributed by atoms with van der Waals surface area (Å²) in [6.07, 6.45) is 0.495. The lowest BCUT2D eigenvalue weighted by molar-refractivity contribution is -0.121. The van der Waals surface area contributed by atoms with Crippen molar-refractivity contribution in [2.24, 2.45) is 0 Å². The van der Waals surface area contributed by atoms with Gasteiger partial charge in [-0.05, 0) is 12.1 Å². The molecule has 1 saturated heterocycles. The van der Waals surface area contributed by atoms with Gasteiger partial charge in [0.1, 0.15) is 5.60 Å². The summed E-state index contributed by atoms with van der Waals surface area (Å²) in [7, 11) is 0. The second-order valence-electron chi connectivity index (χ2n) is 4.98. The summed E-state index contributed by atoms with van der Waals surface area (Å²) in [4.78, 5) is 23.2. The van der Waals surface area contributed by atoms with Gasteiger partial charge in [0, 0.05) is 25.3 Å². The number of rotatable bonds is 5. The number of nitrogens with one attached hydrogen (secondary N) is 3. The second-order valence-corrected chi connectivity index (χ2v) is 4.98. The molecule has 1 aromatic carbocycles. The predicted octanol–water partition coefficient (Wildman–Crippen LogP) is 0.0757. The zero-order chi connectivity index (χ0) is 15.1. The van der Waals surface area contributed by atoms with Gasteiger partial charge < -0.3 is 25.8 Å². The minimum absolute atomic E-state index is 0.119. The third-order valence-corrected chi connectivity index (χ3v) is 3.14. The van der Waals surface area contributed by atoms with E-state index in [1.807, 2.05) is 6.07 Å². The predicted molar refractivity (Wildman–Crippen MR) is 76.9 cm³/mol. The van der Waals surface area contributed by atoms with Crippen molar-refractivity contribution in [3.05, 3.63) is 30.3 Å². The molecule has 1 heterocycles. The average molecular weight is 293 g/mol. The lowest BCUT2D eigenvalue weighted by atomic mass is 10.0. The van der Waals surface area contributed by atoms with Crippen LogP contribution < -0.4 is 16.0 Å². The highest BCUT2D eigenvalue weighted by molar-refractivity contribution is 5.92. The minimum atomic E-state index is -0.998. The molecule has 1 aromatic rings. The fraction of sp³-hybridized carbons (Fsp3) is 0.429. The first-order chi connectivity index (χ1) is 10.1. The molecule has 0 spiro atoms. The highest BCUT2D eigenvalue weighted by atomic mass is 16.5. The Bertz CT molecular complexity index is 486. The Kier molecular flexibility index (Phi) is 5.13. The first kappa shape index (κ1) is 15.3. The third kappa shape index (κ3) is 5.05. The Labute approximate surface area is 122 Å². The van der Waals surface area contributed by atoms with E-state index in [1.54, 1.807) is 24.3 Å². The quantitative estimate of drug-likeness (QED) is 0.617. The molecule has 1 fully saturated rings. The molecule has 0 radical (unpaired) electrons. The summed E-state index contributed by atoms with van der Waals surface area (Å²) >= 11 is 0. The van der Waals surface area contributed by atoms with Crippen molar-refractivity contribution in [1.82, 2.24) is 10.6 Å². The number of aliphatic hydroxyl groups is 1. The first-order valence-electron chi connectivity index (χ1n) is 6.74. The highest BCUT2D eigenvalue weighted by Crippen LogP contribution is 2.16. The Morgan fingerprint density at radius 1 is 1.24 bits per heavy atom. The molecule has 1 aliphatic rings. The Hall–Kier alpha value is -2.12. The number of anilines is 1. The van der Waals surface area contributed by atoms with Crippen molar-refractivity contribution in [3.63, 3.8) is 0 Å². The summed E-state index contributed by atoms with van der Waals surface area (Å²) in [5.74, 6) is -0.362. The van der Waals surface area contributed by atoms with Gasteiger partial charge >= 0.3 is 6.03 Å². The van der Waals surface area contributed by atoms with Crippen LogP contribution in [0.5, 0.6) is 0 Å². The molecule has 2 rings (SSSR count). The van der Waals surface area contributed by atoms with Crippen LogP contribution in [0.25, 0.3) is 0 Å². The van der Waals surface area contributed by atoms with Gasteiger partial charge in [-0.15, -0.1) is 0 Å². The van der Waals surface area contributed by atoms with Crippen LogP contribution in [-0.4, -0.2) is 48.9 Å². The summed E-state index contributed by atoms with van der Waals surface area (Å²) in [6.45, 7) is 0.669. The maximum Gasteiger partial charge on any atom is 0.319 e. The van der Waals surface area contributed by atoms with E-state index in [9.17, 15) is 14.7 Å². The van der Waals surface area contributed by atoms with Gasteiger partial charge in [-0.25, -0.2) is 4.79 Å². The van der Waals surface area contributed by atoms with E-state index < -0.39 is 11.6 Å². The van der Waals surface area contributed by atoms with E-state index in [0.29, 0.717) is 18.7 Å². The van der Waals surface area contributed by atoms with Crippen LogP contribution in [0.2, 0.25) is 0 Å². The maximum atomic E-state index is 11.6. The highest BCUT2D eigenvalue weighted by Gasteiger charge is 2.32. The molecule has 7 heteroatoms. The lowest BCUT2D eigenvalue weighted by Crippen LogP contribution is -2.46. The van der Waals surface area contributed by atoms with E-state index in [2.05, 4.69) is 16.0 Å². The molecular formula is C14H19N3O4. The molecule has 7 nitrogen and oxygen atoms in total. The topological polar surface area (TPSA) is 99.7 Å². The monoisotopic (exact) mass is 293 g/mol. The van der Waals surface area contributed by atoms with Crippen LogP contribution in [-0.2, 0) is 9.53 Å². The number of urea groups is 1. The van der Waals surface area contributed by atoms with E-state index in [1.165, 1.54) is 0 Å². The molecule has 3 amide bonds. The Morgan fingerprint density at radius 2 is 2.00 bits per heavy atom. The molecule has 1 unspecified atom stereocenters. The summed E-state index contributed by atoms with van der Waals surface area (Å²) < 4.78 is 5.08. The third-order valence-electron chi connectivity index (χ3n) is 3.14. The number of ether oxygens (including phenoxy) is 1. The normalized spacial score (nSPS) is 20.8. The fourth-order valence-electron chi connectivity index (χ4n) is 1.92. The van der Waals surface area contributed by atoms with Crippen LogP contribution in [0.15, 0.2) is 30.3 Å². The SMILES string of the molecule is O=C(CNC(=O)Nc1ccccc1)NCC1(O)CCOC1. The van der Waals surface area contributed by atoms with Crippen molar-refractivity contribution in [2.75, 3.05) is 31.6 Å². The number of para-hydroxylation sites is 1. The molecule has 114 valence electrons. The molecule has 0 aliphatic carbocycles. The van der Waals surface area contributed by atoms with Crippen molar-refractivity contribution in [3.8, 4) is 0 Å². The standard InChI is InChI=1S/C14H19N3O4/c18-12(16-9-14(20)6-7-21-10-14)8-15-13(19)17-11-4-2-1-3-5-11/h1-5,20H,6-10H2,(H,16,18)(H2,15,17,19). The molecule has 0 saturated carbocycles. The van der Waals surface area contributed by atoms with Crippen LogP contribution in [0.3, 0.4) is 0 Å². The smallest absolute Gasteiger partial charge is 0.319 e. The summed E-state index contributed by atoms with van der Waals surface area (Å²) in [6, 6.07) is 8.47. The van der Waals surface area contributed by atoms with E-state index in [4.69, 9.17) is 4.74 Å².